The molecule has 2 saturated heterocycles. The minimum Gasteiger partial charge on any atom is -0.361 e. The summed E-state index contributed by atoms with van der Waals surface area (Å²) in [5.74, 6) is -1.23. The summed E-state index contributed by atoms with van der Waals surface area (Å²) < 4.78 is 11.3. The Kier molecular flexibility index (Phi) is 17.7. The van der Waals surface area contributed by atoms with Crippen molar-refractivity contribution in [3.05, 3.63) is 82.4 Å². The van der Waals surface area contributed by atoms with Crippen molar-refractivity contribution in [3.63, 3.8) is 0 Å². The summed E-state index contributed by atoms with van der Waals surface area (Å²) in [5.41, 5.74) is 5.19. The van der Waals surface area contributed by atoms with Gasteiger partial charge in [-0.25, -0.2) is 19.9 Å². The first-order valence-corrected chi connectivity index (χ1v) is 32.7. The van der Waals surface area contributed by atoms with Crippen LogP contribution in [0.25, 0.3) is 66.9 Å². The summed E-state index contributed by atoms with van der Waals surface area (Å²) >= 11 is 12.6. The fourth-order valence-electron chi connectivity index (χ4n) is 10.5. The highest BCUT2D eigenvalue weighted by Gasteiger charge is 2.40. The number of amides is 4. The van der Waals surface area contributed by atoms with Crippen LogP contribution < -0.4 is 10.6 Å². The molecule has 0 spiro atoms. The summed E-state index contributed by atoms with van der Waals surface area (Å²) in [6.07, 6.45) is 9.05. The maximum absolute atomic E-state index is 14.1. The molecule has 2 fully saturated rings. The van der Waals surface area contributed by atoms with Gasteiger partial charge in [0.2, 0.25) is 11.8 Å². The molecule has 4 amide bonds. The predicted molar refractivity (Wildman–Crippen MR) is 326 cm³/mol. The van der Waals surface area contributed by atoms with Gasteiger partial charge in [0, 0.05) is 100 Å². The Morgan fingerprint density at radius 1 is 0.714 bits per heavy atom. The highest BCUT2D eigenvalue weighted by Crippen LogP contribution is 2.34. The topological polar surface area (TPSA) is 264 Å². The number of hydrogen-bond acceptors (Lipinski definition) is 13. The van der Waals surface area contributed by atoms with E-state index < -0.39 is 42.8 Å². The van der Waals surface area contributed by atoms with Crippen LogP contribution in [0.2, 0.25) is 35.7 Å². The van der Waals surface area contributed by atoms with E-state index in [0.29, 0.717) is 119 Å². The van der Waals surface area contributed by atoms with Crippen molar-refractivity contribution in [3.8, 4) is 34.9 Å². The van der Waals surface area contributed by atoms with Crippen LogP contribution in [0, 0.1) is 45.3 Å². The van der Waals surface area contributed by atoms with E-state index in [-0.39, 0.29) is 35.9 Å². The molecule has 84 heavy (non-hydrogen) atoms. The minimum absolute atomic E-state index is 0.0343. The Morgan fingerprint density at radius 2 is 1.18 bits per heavy atom. The zero-order valence-electron chi connectivity index (χ0n) is 49.5. The van der Waals surface area contributed by atoms with Gasteiger partial charge in [0.15, 0.2) is 11.3 Å². The van der Waals surface area contributed by atoms with E-state index in [1.54, 1.807) is 54.6 Å². The Hall–Kier alpha value is -7.76. The van der Waals surface area contributed by atoms with Crippen molar-refractivity contribution in [2.75, 3.05) is 32.8 Å². The minimum atomic E-state index is -1.30. The number of benzene rings is 2. The Balaban J connectivity index is 0.000000205. The van der Waals surface area contributed by atoms with Crippen LogP contribution in [0.3, 0.4) is 0 Å². The number of halogens is 2. The average molecular weight is 1200 g/mol. The van der Waals surface area contributed by atoms with E-state index >= 15 is 0 Å². The van der Waals surface area contributed by atoms with Gasteiger partial charge in [-0.05, 0) is 79.0 Å². The van der Waals surface area contributed by atoms with Crippen molar-refractivity contribution in [2.45, 2.75) is 112 Å². The van der Waals surface area contributed by atoms with Gasteiger partial charge in [-0.1, -0.05) is 84.4 Å². The van der Waals surface area contributed by atoms with Gasteiger partial charge in [0.1, 0.15) is 52.6 Å². The number of nitrogens with one attached hydrogen (secondary N) is 3. The van der Waals surface area contributed by atoms with Crippen LogP contribution in [0.4, 0.5) is 0 Å². The standard InChI is InChI=1S/C33H43ClN8O3Si.C27H29ClN8O2/c1-33(2,3)29(32(44)41-12-10-21(17-35)11-13-41)38-31(43)24-19-42(20-45-14-15-46(5,6)7)30-28(24)37-25(18-36-30)27-23-16-22(34)8-9-26(23)40(4)39-27;1-27(2,3)23(26(38)36-9-7-15(12-29)8-10-36)33-25(37)18-13-30-24-22(18)32-19(14-31-24)21-17-11-16(28)5-6-20(17)35(4)34-21/h8-9,16,18-19,21,29H,10-15,20H2,1-7H3,(H,38,43);5-6,11,13-15,23H,7-10H2,1-4H3,(H,30,31)(H,33,37)/t29-;23-/m00/s1. The molecule has 2 aliphatic rings. The number of nitriles is 2. The van der Waals surface area contributed by atoms with Gasteiger partial charge in [0.05, 0.1) is 46.7 Å². The molecule has 3 N–H and O–H groups in total. The van der Waals surface area contributed by atoms with E-state index in [9.17, 15) is 29.7 Å². The second-order valence-electron chi connectivity index (χ2n) is 25.2. The zero-order valence-corrected chi connectivity index (χ0v) is 52.0. The zero-order chi connectivity index (χ0) is 60.6. The van der Waals surface area contributed by atoms with Crippen molar-refractivity contribution >= 4 is 99.0 Å². The number of hydrogen-bond donors (Lipinski definition) is 3. The predicted octanol–water partition coefficient (Wildman–Crippen LogP) is 9.93. The van der Waals surface area contributed by atoms with E-state index in [4.69, 9.17) is 48.0 Å². The van der Waals surface area contributed by atoms with E-state index in [0.717, 1.165) is 27.8 Å². The molecule has 24 heteroatoms. The second kappa shape index (κ2) is 24.4. The van der Waals surface area contributed by atoms with E-state index in [1.165, 1.54) is 0 Å². The molecule has 6 aromatic heterocycles. The lowest BCUT2D eigenvalue weighted by molar-refractivity contribution is -0.137. The summed E-state index contributed by atoms with van der Waals surface area (Å²) in [7, 11) is 2.40. The number of aromatic nitrogens is 10. The third-order valence-corrected chi connectivity index (χ3v) is 17.7. The number of H-pyrrole nitrogens is 1. The molecule has 0 bridgehead atoms. The van der Waals surface area contributed by atoms with Crippen molar-refractivity contribution < 1.29 is 23.9 Å². The molecule has 0 aliphatic carbocycles. The first-order valence-electron chi connectivity index (χ1n) is 28.2. The molecule has 0 saturated carbocycles. The Labute approximate surface area is 499 Å². The Morgan fingerprint density at radius 3 is 1.64 bits per heavy atom. The molecule has 8 aromatic rings. The number of likely N-dealkylation sites (tertiary alicyclic amines) is 2. The third-order valence-electron chi connectivity index (χ3n) is 15.5. The molecule has 0 unspecified atom stereocenters. The highest BCUT2D eigenvalue weighted by molar-refractivity contribution is 6.76. The molecule has 2 aliphatic heterocycles. The van der Waals surface area contributed by atoms with Crippen LogP contribution >= 0.6 is 23.2 Å². The quantitative estimate of drug-likeness (QED) is 0.0718. The SMILES string of the molecule is Cn1nc(-c2cnc3[nH]cc(C(=O)N[C@@H](C(=O)N4CCC(C#N)CC4)C(C)(C)C)c3n2)c2cc(Cl)ccc21.Cn1nc(-c2cnc3c(n2)c(C(=O)N[C@@H](C(=O)N2CCC(C#N)CC2)C(C)(C)C)cn3COCC[Si](C)(C)C)c2cc(Cl)ccc21. The summed E-state index contributed by atoms with van der Waals surface area (Å²) in [4.78, 5) is 80.3. The van der Waals surface area contributed by atoms with Gasteiger partial charge in [-0.15, -0.1) is 0 Å². The lowest BCUT2D eigenvalue weighted by Crippen LogP contribution is -2.56. The number of carbonyl (C=O) groups excluding carboxylic acids is 4. The molecule has 10 rings (SSSR count). The number of fused-ring (bicyclic) bond motifs is 4. The number of rotatable bonds is 13. The maximum atomic E-state index is 14.1. The van der Waals surface area contributed by atoms with Crippen molar-refractivity contribution in [1.29, 1.82) is 10.5 Å². The molecule has 21 nitrogen and oxygen atoms in total. The van der Waals surface area contributed by atoms with Crippen LogP contribution in [0.15, 0.2) is 61.2 Å². The maximum Gasteiger partial charge on any atom is 0.255 e. The van der Waals surface area contributed by atoms with Gasteiger partial charge >= 0.3 is 0 Å². The largest absolute Gasteiger partial charge is 0.361 e. The number of aryl methyl sites for hydroxylation is 2. The number of nitrogens with zero attached hydrogens (tertiary/aromatic N) is 13. The van der Waals surface area contributed by atoms with Gasteiger partial charge in [-0.3, -0.25) is 28.5 Å². The van der Waals surface area contributed by atoms with Gasteiger partial charge < -0.3 is 34.7 Å². The normalized spacial score (nSPS) is 15.4. The summed E-state index contributed by atoms with van der Waals surface area (Å²) in [6, 6.07) is 15.1. The number of carbonyl (C=O) groups is 4. The molecule has 0 radical (unpaired) electrons. The molecule has 440 valence electrons. The van der Waals surface area contributed by atoms with Crippen LogP contribution in [0.5, 0.6) is 0 Å². The fraction of sp³-hybridized carbons (Fsp3) is 0.467. The molecule has 2 aromatic carbocycles. The highest BCUT2D eigenvalue weighted by atomic mass is 35.5. The number of piperidine rings is 2. The first-order chi connectivity index (χ1) is 39.7. The van der Waals surface area contributed by atoms with E-state index in [1.807, 2.05) is 86.0 Å². The second-order valence-corrected chi connectivity index (χ2v) is 31.7. The van der Waals surface area contributed by atoms with Crippen LogP contribution in [-0.2, 0) is 35.2 Å². The number of aromatic amines is 1. The van der Waals surface area contributed by atoms with Crippen LogP contribution in [-0.4, -0.2) is 135 Å². The first kappa shape index (κ1) is 60.8. The number of ether oxygens (including phenoxy) is 1. The van der Waals surface area contributed by atoms with E-state index in [2.05, 4.69) is 57.5 Å². The molecule has 8 heterocycles. The van der Waals surface area contributed by atoms with Gasteiger partial charge in [0.25, 0.3) is 11.8 Å². The summed E-state index contributed by atoms with van der Waals surface area (Å²) in [5, 5.41) is 36.6. The van der Waals surface area contributed by atoms with Crippen molar-refractivity contribution in [2.24, 2.45) is 36.8 Å². The lowest BCUT2D eigenvalue weighted by Gasteiger charge is -2.37. The average Bonchev–Trinajstić information content (AvgIpc) is 2.58. The van der Waals surface area contributed by atoms with Crippen molar-refractivity contribution in [1.82, 2.24) is 69.5 Å². The summed E-state index contributed by atoms with van der Waals surface area (Å²) in [6.45, 7) is 21.2. The van der Waals surface area contributed by atoms with Crippen LogP contribution in [0.1, 0.15) is 87.9 Å². The smallest absolute Gasteiger partial charge is 0.255 e. The lowest BCUT2D eigenvalue weighted by atomic mass is 9.85. The third kappa shape index (κ3) is 13.3. The molecule has 2 atom stereocenters. The monoisotopic (exact) mass is 1190 g/mol. The molecular weight excluding hydrogens is 1120 g/mol. The fourth-order valence-corrected chi connectivity index (χ4v) is 11.6. The molecular formula is C60H72Cl2N16O5Si. The van der Waals surface area contributed by atoms with Gasteiger partial charge in [-0.2, -0.15) is 20.7 Å². The Bertz CT molecular complexity index is 3890.